The fraction of sp³-hybridized carbons (Fsp3) is 0.238. The van der Waals surface area contributed by atoms with Gasteiger partial charge in [-0.1, -0.05) is 5.16 Å². The van der Waals surface area contributed by atoms with Gasteiger partial charge in [0, 0.05) is 42.9 Å². The van der Waals surface area contributed by atoms with Crippen molar-refractivity contribution in [2.45, 2.75) is 6.92 Å². The highest BCUT2D eigenvalue weighted by atomic mass is 19.1. The van der Waals surface area contributed by atoms with Gasteiger partial charge in [0.25, 0.3) is 17.7 Å². The molecule has 0 unspecified atom stereocenters. The van der Waals surface area contributed by atoms with Crippen LogP contribution in [-0.4, -0.2) is 57.9 Å². The van der Waals surface area contributed by atoms with Gasteiger partial charge in [0.05, 0.1) is 0 Å². The number of amides is 2. The first-order valence-electron chi connectivity index (χ1n) is 9.26. The molecule has 0 atom stereocenters. The second-order valence-corrected chi connectivity index (χ2v) is 6.82. The van der Waals surface area contributed by atoms with Gasteiger partial charge in [0.1, 0.15) is 5.82 Å². The molecule has 8 heteroatoms. The Morgan fingerprint density at radius 3 is 1.79 bits per heavy atom. The Labute approximate surface area is 166 Å². The van der Waals surface area contributed by atoms with Crippen LogP contribution in [0.2, 0.25) is 0 Å². The largest absolute Gasteiger partial charge is 0.335 e. The summed E-state index contributed by atoms with van der Waals surface area (Å²) in [6, 6.07) is 12.5. The second kappa shape index (κ2) is 7.83. The maximum Gasteiger partial charge on any atom is 0.257 e. The van der Waals surface area contributed by atoms with Crippen LogP contribution in [0.25, 0.3) is 11.5 Å². The van der Waals surface area contributed by atoms with Crippen LogP contribution in [0.5, 0.6) is 0 Å². The summed E-state index contributed by atoms with van der Waals surface area (Å²) in [5, 5.41) is 3.76. The summed E-state index contributed by atoms with van der Waals surface area (Å²) in [6.45, 7) is 3.49. The summed E-state index contributed by atoms with van der Waals surface area (Å²) in [5.41, 5.74) is 1.75. The number of carbonyl (C=O) groups excluding carboxylic acids is 2. The predicted octanol–water partition coefficient (Wildman–Crippen LogP) is 2.78. The summed E-state index contributed by atoms with van der Waals surface area (Å²) in [4.78, 5) is 32.8. The standard InChI is InChI=1S/C21H19FN4O3/c1-14-23-19(29-24-14)15-2-4-16(5-3-15)20(27)25-10-12-26(13-11-25)21(28)17-6-8-18(22)9-7-17/h2-9H,10-13H2,1H3. The highest BCUT2D eigenvalue weighted by Crippen LogP contribution is 2.19. The summed E-state index contributed by atoms with van der Waals surface area (Å²) >= 11 is 0. The molecule has 2 amide bonds. The zero-order chi connectivity index (χ0) is 20.4. The minimum atomic E-state index is -0.378. The van der Waals surface area contributed by atoms with Gasteiger partial charge in [-0.25, -0.2) is 4.39 Å². The maximum absolute atomic E-state index is 13.0. The molecule has 0 N–H and O–H groups in total. The third-order valence-electron chi connectivity index (χ3n) is 4.85. The quantitative estimate of drug-likeness (QED) is 0.683. The van der Waals surface area contributed by atoms with E-state index >= 15 is 0 Å². The van der Waals surface area contributed by atoms with Gasteiger partial charge in [-0.2, -0.15) is 4.98 Å². The molecule has 0 radical (unpaired) electrons. The average molecular weight is 394 g/mol. The molecule has 3 aromatic rings. The smallest absolute Gasteiger partial charge is 0.257 e. The van der Waals surface area contributed by atoms with Gasteiger partial charge in [0.2, 0.25) is 0 Å². The summed E-state index contributed by atoms with van der Waals surface area (Å²) in [5.74, 6) is 0.336. The lowest BCUT2D eigenvalue weighted by Gasteiger charge is -2.35. The van der Waals surface area contributed by atoms with Crippen molar-refractivity contribution < 1.29 is 18.5 Å². The zero-order valence-corrected chi connectivity index (χ0v) is 15.8. The molecule has 148 valence electrons. The van der Waals surface area contributed by atoms with E-state index in [2.05, 4.69) is 10.1 Å². The topological polar surface area (TPSA) is 79.5 Å². The minimum absolute atomic E-state index is 0.0906. The summed E-state index contributed by atoms with van der Waals surface area (Å²) in [7, 11) is 0. The molecular weight excluding hydrogens is 375 g/mol. The molecule has 29 heavy (non-hydrogen) atoms. The number of hydrogen-bond acceptors (Lipinski definition) is 5. The van der Waals surface area contributed by atoms with Crippen LogP contribution < -0.4 is 0 Å². The first kappa shape index (κ1) is 18.8. The van der Waals surface area contributed by atoms with Crippen molar-refractivity contribution in [2.24, 2.45) is 0 Å². The van der Waals surface area contributed by atoms with Crippen molar-refractivity contribution in [3.05, 3.63) is 71.3 Å². The summed E-state index contributed by atoms with van der Waals surface area (Å²) in [6.07, 6.45) is 0. The molecule has 1 aliphatic rings. The first-order chi connectivity index (χ1) is 14.0. The van der Waals surface area contributed by atoms with Gasteiger partial charge in [-0.05, 0) is 55.5 Å². The van der Waals surface area contributed by atoms with Crippen molar-refractivity contribution in [1.82, 2.24) is 19.9 Å². The van der Waals surface area contributed by atoms with E-state index in [9.17, 15) is 14.0 Å². The number of rotatable bonds is 3. The van der Waals surface area contributed by atoms with E-state index in [1.165, 1.54) is 24.3 Å². The van der Waals surface area contributed by atoms with Crippen molar-refractivity contribution in [2.75, 3.05) is 26.2 Å². The second-order valence-electron chi connectivity index (χ2n) is 6.82. The molecule has 2 heterocycles. The van der Waals surface area contributed by atoms with E-state index in [0.29, 0.717) is 49.0 Å². The van der Waals surface area contributed by atoms with Crippen molar-refractivity contribution in [3.63, 3.8) is 0 Å². The van der Waals surface area contributed by atoms with E-state index in [1.807, 2.05) is 0 Å². The fourth-order valence-electron chi connectivity index (χ4n) is 3.24. The van der Waals surface area contributed by atoms with Crippen LogP contribution in [0.1, 0.15) is 26.5 Å². The molecule has 1 aromatic heterocycles. The molecule has 0 bridgehead atoms. The molecule has 0 spiro atoms. The number of benzene rings is 2. The van der Waals surface area contributed by atoms with Crippen molar-refractivity contribution >= 4 is 11.8 Å². The maximum atomic E-state index is 13.0. The van der Waals surface area contributed by atoms with E-state index in [0.717, 1.165) is 5.56 Å². The average Bonchev–Trinajstić information content (AvgIpc) is 3.20. The lowest BCUT2D eigenvalue weighted by Crippen LogP contribution is -2.50. The molecule has 4 rings (SSSR count). The molecule has 1 aliphatic heterocycles. The Balaban J connectivity index is 1.37. The Morgan fingerprint density at radius 2 is 1.34 bits per heavy atom. The lowest BCUT2D eigenvalue weighted by atomic mass is 10.1. The highest BCUT2D eigenvalue weighted by molar-refractivity contribution is 5.96. The van der Waals surface area contributed by atoms with E-state index in [4.69, 9.17) is 4.52 Å². The van der Waals surface area contributed by atoms with Crippen LogP contribution in [-0.2, 0) is 0 Å². The number of nitrogens with zero attached hydrogens (tertiary/aromatic N) is 4. The van der Waals surface area contributed by atoms with Gasteiger partial charge in [-0.3, -0.25) is 9.59 Å². The van der Waals surface area contributed by atoms with Gasteiger partial charge in [-0.15, -0.1) is 0 Å². The zero-order valence-electron chi connectivity index (χ0n) is 15.8. The SMILES string of the molecule is Cc1noc(-c2ccc(C(=O)N3CCN(C(=O)c4ccc(F)cc4)CC3)cc2)n1. The number of halogens is 1. The molecule has 2 aromatic carbocycles. The van der Waals surface area contributed by atoms with Crippen LogP contribution in [0.3, 0.4) is 0 Å². The minimum Gasteiger partial charge on any atom is -0.335 e. The number of hydrogen-bond donors (Lipinski definition) is 0. The van der Waals surface area contributed by atoms with Gasteiger partial charge >= 0.3 is 0 Å². The van der Waals surface area contributed by atoms with Crippen molar-refractivity contribution in [3.8, 4) is 11.5 Å². The van der Waals surface area contributed by atoms with Gasteiger partial charge in [0.15, 0.2) is 5.82 Å². The molecule has 7 nitrogen and oxygen atoms in total. The monoisotopic (exact) mass is 394 g/mol. The van der Waals surface area contributed by atoms with Crippen LogP contribution in [0.4, 0.5) is 4.39 Å². The fourth-order valence-corrected chi connectivity index (χ4v) is 3.24. The van der Waals surface area contributed by atoms with E-state index < -0.39 is 0 Å². The molecular formula is C21H19FN4O3. The molecule has 0 saturated carbocycles. The molecule has 0 aliphatic carbocycles. The third-order valence-corrected chi connectivity index (χ3v) is 4.85. The molecule has 1 saturated heterocycles. The number of piperazine rings is 1. The first-order valence-corrected chi connectivity index (χ1v) is 9.26. The number of aromatic nitrogens is 2. The van der Waals surface area contributed by atoms with Crippen LogP contribution in [0.15, 0.2) is 53.1 Å². The predicted molar refractivity (Wildman–Crippen MR) is 103 cm³/mol. The van der Waals surface area contributed by atoms with Crippen LogP contribution >= 0.6 is 0 Å². The molecule has 1 fully saturated rings. The van der Waals surface area contributed by atoms with Gasteiger partial charge < -0.3 is 14.3 Å². The van der Waals surface area contributed by atoms with Crippen LogP contribution in [0, 0.1) is 12.7 Å². The normalized spacial score (nSPS) is 14.1. The Hall–Kier alpha value is -3.55. The Bertz CT molecular complexity index is 1020. The Morgan fingerprint density at radius 1 is 0.862 bits per heavy atom. The number of aryl methyl sites for hydroxylation is 1. The lowest BCUT2D eigenvalue weighted by molar-refractivity contribution is 0.0535. The highest BCUT2D eigenvalue weighted by Gasteiger charge is 2.25. The number of carbonyl (C=O) groups is 2. The summed E-state index contributed by atoms with van der Waals surface area (Å²) < 4.78 is 18.2. The third kappa shape index (κ3) is 4.01. The van der Waals surface area contributed by atoms with Crippen molar-refractivity contribution in [1.29, 1.82) is 0 Å². The van der Waals surface area contributed by atoms with E-state index in [-0.39, 0.29) is 17.6 Å². The van der Waals surface area contributed by atoms with E-state index in [1.54, 1.807) is 41.0 Å². The Kier molecular flexibility index (Phi) is 5.07.